The molecule has 0 fully saturated rings. The van der Waals surface area contributed by atoms with E-state index in [9.17, 15) is 9.90 Å². The molecule has 0 saturated carbocycles. The molecule has 0 amide bonds. The summed E-state index contributed by atoms with van der Waals surface area (Å²) in [6.45, 7) is 2.30. The van der Waals surface area contributed by atoms with Crippen molar-refractivity contribution < 1.29 is 14.6 Å². The summed E-state index contributed by atoms with van der Waals surface area (Å²) >= 11 is 0. The van der Waals surface area contributed by atoms with Gasteiger partial charge in [0, 0.05) is 12.1 Å². The Morgan fingerprint density at radius 1 is 1.24 bits per heavy atom. The first-order chi connectivity index (χ1) is 12.0. The van der Waals surface area contributed by atoms with Crippen molar-refractivity contribution in [2.45, 2.75) is 32.0 Å². The number of carbonyl (C=O) groups is 1. The topological polar surface area (TPSA) is 84.6 Å². The molecule has 0 radical (unpaired) electrons. The summed E-state index contributed by atoms with van der Waals surface area (Å²) in [6, 6.07) is 15.1. The van der Waals surface area contributed by atoms with Gasteiger partial charge in [0.05, 0.1) is 12.2 Å². The van der Waals surface area contributed by atoms with E-state index in [1.807, 2.05) is 30.3 Å². The van der Waals surface area contributed by atoms with Crippen LogP contribution in [0.1, 0.15) is 40.4 Å². The summed E-state index contributed by atoms with van der Waals surface area (Å²) in [5.41, 5.74) is 7.62. The predicted molar refractivity (Wildman–Crippen MR) is 98.0 cm³/mol. The van der Waals surface area contributed by atoms with Crippen LogP contribution in [0.15, 0.2) is 48.5 Å². The van der Waals surface area contributed by atoms with Crippen LogP contribution >= 0.6 is 0 Å². The zero-order valence-electron chi connectivity index (χ0n) is 14.8. The minimum atomic E-state index is -1.22. The van der Waals surface area contributed by atoms with Gasteiger partial charge in [-0.15, -0.1) is 0 Å². The van der Waals surface area contributed by atoms with Crippen molar-refractivity contribution >= 4 is 5.97 Å². The lowest BCUT2D eigenvalue weighted by molar-refractivity contribution is -0.00126. The van der Waals surface area contributed by atoms with E-state index in [-0.39, 0.29) is 12.5 Å². The Kier molecular flexibility index (Phi) is 6.70. The first kappa shape index (κ1) is 19.1. The van der Waals surface area contributed by atoms with Crippen LogP contribution in [-0.4, -0.2) is 24.7 Å². The molecule has 0 bridgehead atoms. The van der Waals surface area contributed by atoms with E-state index in [1.54, 1.807) is 32.2 Å². The second-order valence-corrected chi connectivity index (χ2v) is 5.89. The highest BCUT2D eigenvalue weighted by Gasteiger charge is 2.29. The van der Waals surface area contributed by atoms with Crippen LogP contribution in [0.3, 0.4) is 0 Å². The van der Waals surface area contributed by atoms with Gasteiger partial charge < -0.3 is 15.6 Å². The molecular formula is C20H26N2O3. The first-order valence-corrected chi connectivity index (χ1v) is 8.50. The number of esters is 1. The summed E-state index contributed by atoms with van der Waals surface area (Å²) in [6.07, 6.45) is 1.20. The van der Waals surface area contributed by atoms with Gasteiger partial charge in [-0.2, -0.15) is 0 Å². The van der Waals surface area contributed by atoms with Crippen molar-refractivity contribution in [3.05, 3.63) is 70.8 Å². The molecule has 2 aromatic rings. The molecule has 5 heteroatoms. The number of nitrogens with two attached hydrogens (primary N) is 1. The number of hydrogen-bond acceptors (Lipinski definition) is 5. The van der Waals surface area contributed by atoms with Gasteiger partial charge >= 0.3 is 5.97 Å². The van der Waals surface area contributed by atoms with Gasteiger partial charge in [-0.1, -0.05) is 36.4 Å². The van der Waals surface area contributed by atoms with E-state index in [1.165, 1.54) is 0 Å². The highest BCUT2D eigenvalue weighted by Crippen LogP contribution is 2.28. The SMILES string of the molecule is CCOC(=O)c1ccc(C(O)(CCc2ccccc2)NC)c(CN)c1. The van der Waals surface area contributed by atoms with Gasteiger partial charge in [-0.3, -0.25) is 5.32 Å². The highest BCUT2D eigenvalue weighted by atomic mass is 16.5. The molecule has 0 aliphatic rings. The summed E-state index contributed by atoms with van der Waals surface area (Å²) in [5.74, 6) is -0.388. The molecule has 4 N–H and O–H groups in total. The second-order valence-electron chi connectivity index (χ2n) is 5.89. The van der Waals surface area contributed by atoms with E-state index >= 15 is 0 Å². The van der Waals surface area contributed by atoms with Crippen molar-refractivity contribution in [2.24, 2.45) is 5.73 Å². The third kappa shape index (κ3) is 4.66. The van der Waals surface area contributed by atoms with Gasteiger partial charge in [0.1, 0.15) is 5.72 Å². The van der Waals surface area contributed by atoms with Crippen molar-refractivity contribution in [3.63, 3.8) is 0 Å². The van der Waals surface area contributed by atoms with Gasteiger partial charge in [0.2, 0.25) is 0 Å². The van der Waals surface area contributed by atoms with Crippen molar-refractivity contribution in [1.29, 1.82) is 0 Å². The Hall–Kier alpha value is -2.21. The Morgan fingerprint density at radius 2 is 1.96 bits per heavy atom. The Labute approximate surface area is 148 Å². The molecular weight excluding hydrogens is 316 g/mol. The summed E-state index contributed by atoms with van der Waals surface area (Å²) in [7, 11) is 1.71. The van der Waals surface area contributed by atoms with Crippen molar-refractivity contribution in [3.8, 4) is 0 Å². The van der Waals surface area contributed by atoms with E-state index in [0.717, 1.165) is 11.1 Å². The minimum Gasteiger partial charge on any atom is -0.462 e. The first-order valence-electron chi connectivity index (χ1n) is 8.50. The molecule has 2 aromatic carbocycles. The number of benzene rings is 2. The quantitative estimate of drug-likeness (QED) is 0.506. The number of ether oxygens (including phenoxy) is 1. The maximum atomic E-state index is 11.9. The molecule has 0 spiro atoms. The number of aryl methyl sites for hydroxylation is 1. The normalized spacial score (nSPS) is 13.3. The average molecular weight is 342 g/mol. The molecule has 0 saturated heterocycles. The minimum absolute atomic E-state index is 0.220. The number of aliphatic hydroxyl groups is 1. The van der Waals surface area contributed by atoms with Gasteiger partial charge in [-0.05, 0) is 50.1 Å². The Morgan fingerprint density at radius 3 is 2.56 bits per heavy atom. The monoisotopic (exact) mass is 342 g/mol. The highest BCUT2D eigenvalue weighted by molar-refractivity contribution is 5.89. The molecule has 5 nitrogen and oxygen atoms in total. The zero-order valence-corrected chi connectivity index (χ0v) is 14.8. The lowest BCUT2D eigenvalue weighted by Crippen LogP contribution is -2.41. The molecule has 2 rings (SSSR count). The maximum Gasteiger partial charge on any atom is 0.338 e. The van der Waals surface area contributed by atoms with E-state index in [4.69, 9.17) is 10.5 Å². The molecule has 1 unspecified atom stereocenters. The number of carbonyl (C=O) groups excluding carboxylic acids is 1. The smallest absolute Gasteiger partial charge is 0.338 e. The van der Waals surface area contributed by atoms with E-state index in [0.29, 0.717) is 30.6 Å². The van der Waals surface area contributed by atoms with Crippen LogP contribution in [0.4, 0.5) is 0 Å². The molecule has 0 aromatic heterocycles. The van der Waals surface area contributed by atoms with E-state index in [2.05, 4.69) is 5.32 Å². The molecule has 0 aliphatic heterocycles. The number of hydrogen-bond donors (Lipinski definition) is 3. The predicted octanol–water partition coefficient (Wildman–Crippen LogP) is 2.32. The molecule has 0 heterocycles. The second kappa shape index (κ2) is 8.76. The number of nitrogens with one attached hydrogen (secondary N) is 1. The fraction of sp³-hybridized carbons (Fsp3) is 0.350. The van der Waals surface area contributed by atoms with Gasteiger partial charge in [0.15, 0.2) is 0 Å². The fourth-order valence-corrected chi connectivity index (χ4v) is 2.87. The Balaban J connectivity index is 2.27. The number of rotatable bonds is 8. The maximum absolute atomic E-state index is 11.9. The molecule has 1 atom stereocenters. The van der Waals surface area contributed by atoms with Crippen LogP contribution in [0.5, 0.6) is 0 Å². The standard InChI is InChI=1S/C20H26N2O3/c1-3-25-19(23)16-9-10-18(17(13-16)14-21)20(24,22-2)12-11-15-7-5-4-6-8-15/h4-10,13,22,24H,3,11-12,14,21H2,1-2H3. The summed E-state index contributed by atoms with van der Waals surface area (Å²) in [4.78, 5) is 11.9. The van der Waals surface area contributed by atoms with Crippen LogP contribution in [-0.2, 0) is 23.4 Å². The molecule has 25 heavy (non-hydrogen) atoms. The fourth-order valence-electron chi connectivity index (χ4n) is 2.87. The van der Waals surface area contributed by atoms with Crippen molar-refractivity contribution in [2.75, 3.05) is 13.7 Å². The van der Waals surface area contributed by atoms with Crippen LogP contribution in [0, 0.1) is 0 Å². The van der Waals surface area contributed by atoms with Crippen LogP contribution < -0.4 is 11.1 Å². The lowest BCUT2D eigenvalue weighted by atomic mass is 9.90. The molecule has 134 valence electrons. The summed E-state index contributed by atoms with van der Waals surface area (Å²) in [5, 5.41) is 14.1. The van der Waals surface area contributed by atoms with Crippen molar-refractivity contribution in [1.82, 2.24) is 5.32 Å². The summed E-state index contributed by atoms with van der Waals surface area (Å²) < 4.78 is 5.03. The van der Waals surface area contributed by atoms with Gasteiger partial charge in [0.25, 0.3) is 0 Å². The zero-order chi connectivity index (χ0) is 18.3. The average Bonchev–Trinajstić information content (AvgIpc) is 2.66. The van der Waals surface area contributed by atoms with E-state index < -0.39 is 5.72 Å². The van der Waals surface area contributed by atoms with Crippen LogP contribution in [0.25, 0.3) is 0 Å². The third-order valence-electron chi connectivity index (χ3n) is 4.31. The lowest BCUT2D eigenvalue weighted by Gasteiger charge is -2.30. The largest absolute Gasteiger partial charge is 0.462 e. The van der Waals surface area contributed by atoms with Gasteiger partial charge in [-0.25, -0.2) is 4.79 Å². The third-order valence-corrected chi connectivity index (χ3v) is 4.31. The van der Waals surface area contributed by atoms with Crippen LogP contribution in [0.2, 0.25) is 0 Å². The molecule has 0 aliphatic carbocycles. The Bertz CT molecular complexity index is 703.